The molecule has 0 fully saturated rings. The van der Waals surface area contributed by atoms with Gasteiger partial charge < -0.3 is 14.7 Å². The number of phenols is 1. The number of aryl methyl sites for hydroxylation is 1. The summed E-state index contributed by atoms with van der Waals surface area (Å²) in [6.07, 6.45) is 0.619. The predicted molar refractivity (Wildman–Crippen MR) is 53.2 cm³/mol. The minimum Gasteiger partial charge on any atom is -0.504 e. The van der Waals surface area contributed by atoms with Crippen molar-refractivity contribution in [1.29, 1.82) is 0 Å². The number of nitrogens with two attached hydrogens (primary N) is 1. The van der Waals surface area contributed by atoms with Crippen LogP contribution in [0.15, 0.2) is 12.1 Å². The van der Waals surface area contributed by atoms with Crippen LogP contribution in [0.5, 0.6) is 11.5 Å². The van der Waals surface area contributed by atoms with Crippen LogP contribution in [0, 0.1) is 6.92 Å². The van der Waals surface area contributed by atoms with Gasteiger partial charge in [0, 0.05) is 12.0 Å². The Hall–Kier alpha value is -1.26. The molecule has 0 atom stereocenters. The smallest absolute Gasteiger partial charge is 0.164 e. The number of ether oxygens (including phenoxy) is 1. The molecule has 0 aromatic heterocycles. The van der Waals surface area contributed by atoms with Gasteiger partial charge >= 0.3 is 0 Å². The molecule has 0 unspecified atom stereocenters. The van der Waals surface area contributed by atoms with Gasteiger partial charge in [0.15, 0.2) is 11.5 Å². The molecule has 1 rings (SSSR count). The van der Waals surface area contributed by atoms with E-state index < -0.39 is 0 Å². The molecule has 0 heterocycles. The van der Waals surface area contributed by atoms with Crippen LogP contribution in [-0.4, -0.2) is 18.8 Å². The van der Waals surface area contributed by atoms with Crippen molar-refractivity contribution in [3.63, 3.8) is 0 Å². The van der Waals surface area contributed by atoms with Gasteiger partial charge in [-0.1, -0.05) is 12.1 Å². The van der Waals surface area contributed by atoms with Crippen LogP contribution in [0.25, 0.3) is 0 Å². The summed E-state index contributed by atoms with van der Waals surface area (Å²) in [5, 5.41) is 9.68. The first-order chi connectivity index (χ1) is 6.70. The van der Waals surface area contributed by atoms with E-state index in [9.17, 15) is 5.11 Å². The number of aromatic hydroxyl groups is 1. The highest BCUT2D eigenvalue weighted by Gasteiger charge is 2.10. The van der Waals surface area contributed by atoms with Crippen molar-refractivity contribution in [2.24, 2.45) is 5.90 Å². The molecule has 0 saturated heterocycles. The van der Waals surface area contributed by atoms with Gasteiger partial charge in [0.2, 0.25) is 0 Å². The van der Waals surface area contributed by atoms with Crippen LogP contribution in [0.4, 0.5) is 0 Å². The van der Waals surface area contributed by atoms with Crippen molar-refractivity contribution in [1.82, 2.24) is 0 Å². The molecular weight excluding hydrogens is 182 g/mol. The van der Waals surface area contributed by atoms with E-state index in [1.165, 1.54) is 7.11 Å². The van der Waals surface area contributed by atoms with E-state index in [1.54, 1.807) is 0 Å². The molecule has 1 aromatic rings. The van der Waals surface area contributed by atoms with Crippen molar-refractivity contribution in [3.05, 3.63) is 23.3 Å². The van der Waals surface area contributed by atoms with Crippen molar-refractivity contribution in [2.75, 3.05) is 13.7 Å². The van der Waals surface area contributed by atoms with Gasteiger partial charge in [-0.15, -0.1) is 0 Å². The summed E-state index contributed by atoms with van der Waals surface area (Å²) < 4.78 is 5.11. The molecule has 4 nitrogen and oxygen atoms in total. The standard InChI is InChI=1S/C10H15NO3/c1-7-3-4-8(5-6-14-11)10(13-2)9(7)12/h3-4,12H,5-6,11H2,1-2H3. The molecular formula is C10H15NO3. The summed E-state index contributed by atoms with van der Waals surface area (Å²) in [6.45, 7) is 2.22. The highest BCUT2D eigenvalue weighted by Crippen LogP contribution is 2.33. The third-order valence-electron chi connectivity index (χ3n) is 2.11. The van der Waals surface area contributed by atoms with Gasteiger partial charge in [-0.3, -0.25) is 0 Å². The zero-order valence-corrected chi connectivity index (χ0v) is 8.41. The summed E-state index contributed by atoms with van der Waals surface area (Å²) >= 11 is 0. The number of rotatable bonds is 4. The third-order valence-corrected chi connectivity index (χ3v) is 2.11. The number of methoxy groups -OCH3 is 1. The van der Waals surface area contributed by atoms with E-state index in [0.717, 1.165) is 11.1 Å². The first-order valence-corrected chi connectivity index (χ1v) is 4.37. The Morgan fingerprint density at radius 3 is 2.71 bits per heavy atom. The van der Waals surface area contributed by atoms with Gasteiger partial charge in [0.1, 0.15) is 0 Å². The SMILES string of the molecule is COc1c(CCON)ccc(C)c1O. The van der Waals surface area contributed by atoms with E-state index in [2.05, 4.69) is 4.84 Å². The minimum atomic E-state index is 0.182. The maximum atomic E-state index is 9.68. The summed E-state index contributed by atoms with van der Waals surface area (Å²) in [7, 11) is 1.53. The topological polar surface area (TPSA) is 64.7 Å². The molecule has 4 heteroatoms. The van der Waals surface area contributed by atoms with Crippen molar-refractivity contribution in [3.8, 4) is 11.5 Å². The molecule has 14 heavy (non-hydrogen) atoms. The fourth-order valence-electron chi connectivity index (χ4n) is 1.30. The van der Waals surface area contributed by atoms with Gasteiger partial charge in [-0.2, -0.15) is 0 Å². The normalized spacial score (nSPS) is 10.2. The molecule has 0 aliphatic carbocycles. The number of hydrogen-bond donors (Lipinski definition) is 2. The molecule has 0 radical (unpaired) electrons. The molecule has 78 valence electrons. The van der Waals surface area contributed by atoms with E-state index >= 15 is 0 Å². The third kappa shape index (κ3) is 2.16. The molecule has 1 aromatic carbocycles. The number of hydrogen-bond acceptors (Lipinski definition) is 4. The molecule has 0 saturated carbocycles. The lowest BCUT2D eigenvalue weighted by Gasteiger charge is -2.11. The summed E-state index contributed by atoms with van der Waals surface area (Å²) in [4.78, 5) is 4.48. The van der Waals surface area contributed by atoms with E-state index in [4.69, 9.17) is 10.6 Å². The molecule has 0 bridgehead atoms. The largest absolute Gasteiger partial charge is 0.504 e. The zero-order chi connectivity index (χ0) is 10.6. The second kappa shape index (κ2) is 4.83. The monoisotopic (exact) mass is 197 g/mol. The molecule has 0 aliphatic rings. The second-order valence-corrected chi connectivity index (χ2v) is 3.04. The lowest BCUT2D eigenvalue weighted by atomic mass is 10.1. The van der Waals surface area contributed by atoms with Gasteiger partial charge in [-0.25, -0.2) is 5.90 Å². The highest BCUT2D eigenvalue weighted by atomic mass is 16.6. The Morgan fingerprint density at radius 2 is 2.14 bits per heavy atom. The number of phenolic OH excluding ortho intramolecular Hbond substituents is 1. The summed E-state index contributed by atoms with van der Waals surface area (Å²) in [6, 6.07) is 3.73. The van der Waals surface area contributed by atoms with Crippen molar-refractivity contribution < 1.29 is 14.7 Å². The summed E-state index contributed by atoms with van der Waals surface area (Å²) in [5.74, 6) is 5.62. The van der Waals surface area contributed by atoms with Gasteiger partial charge in [0.05, 0.1) is 13.7 Å². The maximum Gasteiger partial charge on any atom is 0.164 e. The van der Waals surface area contributed by atoms with Crippen LogP contribution < -0.4 is 10.6 Å². The van der Waals surface area contributed by atoms with Crippen LogP contribution >= 0.6 is 0 Å². The number of benzene rings is 1. The Kier molecular flexibility index (Phi) is 3.73. The molecule has 0 spiro atoms. The van der Waals surface area contributed by atoms with E-state index in [-0.39, 0.29) is 5.75 Å². The zero-order valence-electron chi connectivity index (χ0n) is 8.41. The van der Waals surface area contributed by atoms with Crippen molar-refractivity contribution >= 4 is 0 Å². The molecule has 3 N–H and O–H groups in total. The molecule has 0 amide bonds. The fraction of sp³-hybridized carbons (Fsp3) is 0.400. The predicted octanol–water partition coefficient (Wildman–Crippen LogP) is 1.14. The van der Waals surface area contributed by atoms with E-state index in [0.29, 0.717) is 18.8 Å². The Labute approximate surface area is 83.2 Å². The first kappa shape index (κ1) is 10.8. The van der Waals surface area contributed by atoms with Crippen LogP contribution in [0.2, 0.25) is 0 Å². The average molecular weight is 197 g/mol. The lowest BCUT2D eigenvalue weighted by Crippen LogP contribution is -2.05. The van der Waals surface area contributed by atoms with Gasteiger partial charge in [0.25, 0.3) is 0 Å². The average Bonchev–Trinajstić information content (AvgIpc) is 2.20. The molecule has 0 aliphatic heterocycles. The van der Waals surface area contributed by atoms with Crippen LogP contribution in [0.1, 0.15) is 11.1 Å². The fourth-order valence-corrected chi connectivity index (χ4v) is 1.30. The van der Waals surface area contributed by atoms with Gasteiger partial charge in [-0.05, 0) is 12.5 Å². The lowest BCUT2D eigenvalue weighted by molar-refractivity contribution is 0.140. The second-order valence-electron chi connectivity index (χ2n) is 3.04. The minimum absolute atomic E-state index is 0.182. The van der Waals surface area contributed by atoms with Crippen LogP contribution in [0.3, 0.4) is 0 Å². The van der Waals surface area contributed by atoms with Crippen molar-refractivity contribution in [2.45, 2.75) is 13.3 Å². The highest BCUT2D eigenvalue weighted by molar-refractivity contribution is 5.50. The first-order valence-electron chi connectivity index (χ1n) is 4.37. The quantitative estimate of drug-likeness (QED) is 0.710. The van der Waals surface area contributed by atoms with E-state index in [1.807, 2.05) is 19.1 Å². The Morgan fingerprint density at radius 1 is 1.43 bits per heavy atom. The Bertz CT molecular complexity index is 312. The van der Waals surface area contributed by atoms with Crippen LogP contribution in [-0.2, 0) is 11.3 Å². The summed E-state index contributed by atoms with van der Waals surface area (Å²) in [5.41, 5.74) is 1.68. The maximum absolute atomic E-state index is 9.68. The Balaban J connectivity index is 2.98.